The molecule has 5 heteroatoms. The second-order valence-electron chi connectivity index (χ2n) is 6.71. The van der Waals surface area contributed by atoms with Gasteiger partial charge in [0.2, 0.25) is 5.91 Å². The lowest BCUT2D eigenvalue weighted by molar-refractivity contribution is -0.153. The SMILES string of the molecule is O=C1CO[C@H]2CN(Cc3ccccc3F)C[C@H]2N1Cc1ccccc1. The molecule has 4 nitrogen and oxygen atoms in total. The Hall–Kier alpha value is -2.24. The van der Waals surface area contributed by atoms with Gasteiger partial charge in [0, 0.05) is 31.7 Å². The third kappa shape index (κ3) is 3.43. The zero-order chi connectivity index (χ0) is 17.2. The van der Waals surface area contributed by atoms with E-state index in [9.17, 15) is 9.18 Å². The van der Waals surface area contributed by atoms with Crippen LogP contribution in [-0.4, -0.2) is 47.5 Å². The minimum absolute atomic E-state index is 0.00631. The Bertz CT molecular complexity index is 752. The van der Waals surface area contributed by atoms with Crippen LogP contribution < -0.4 is 0 Å². The van der Waals surface area contributed by atoms with Crippen molar-refractivity contribution in [2.24, 2.45) is 0 Å². The van der Waals surface area contributed by atoms with Gasteiger partial charge in [0.05, 0.1) is 12.1 Å². The summed E-state index contributed by atoms with van der Waals surface area (Å²) in [5.74, 6) is -0.159. The first kappa shape index (κ1) is 16.2. The summed E-state index contributed by atoms with van der Waals surface area (Å²) in [5.41, 5.74) is 1.80. The van der Waals surface area contributed by atoms with Gasteiger partial charge >= 0.3 is 0 Å². The molecule has 2 aromatic rings. The van der Waals surface area contributed by atoms with Gasteiger partial charge in [-0.1, -0.05) is 48.5 Å². The number of ether oxygens (including phenoxy) is 1. The van der Waals surface area contributed by atoms with Crippen LogP contribution in [0.3, 0.4) is 0 Å². The number of amides is 1. The Morgan fingerprint density at radius 1 is 1.00 bits per heavy atom. The lowest BCUT2D eigenvalue weighted by atomic mass is 10.1. The molecule has 4 rings (SSSR count). The van der Waals surface area contributed by atoms with Crippen LogP contribution in [-0.2, 0) is 22.6 Å². The van der Waals surface area contributed by atoms with Gasteiger partial charge in [-0.05, 0) is 11.6 Å². The van der Waals surface area contributed by atoms with Gasteiger partial charge in [-0.15, -0.1) is 0 Å². The number of fused-ring (bicyclic) bond motifs is 1. The highest BCUT2D eigenvalue weighted by molar-refractivity contribution is 5.78. The first-order valence-electron chi connectivity index (χ1n) is 8.61. The fourth-order valence-electron chi connectivity index (χ4n) is 3.72. The van der Waals surface area contributed by atoms with E-state index in [0.717, 1.165) is 12.1 Å². The van der Waals surface area contributed by atoms with Crippen LogP contribution in [0.25, 0.3) is 0 Å². The summed E-state index contributed by atoms with van der Waals surface area (Å²) in [6.45, 7) is 2.69. The van der Waals surface area contributed by atoms with Crippen molar-refractivity contribution in [3.8, 4) is 0 Å². The molecule has 2 fully saturated rings. The lowest BCUT2D eigenvalue weighted by Crippen LogP contribution is -2.53. The molecule has 2 aliphatic rings. The number of benzene rings is 2. The van der Waals surface area contributed by atoms with Gasteiger partial charge in [0.1, 0.15) is 12.4 Å². The summed E-state index contributed by atoms with van der Waals surface area (Å²) in [7, 11) is 0. The maximum atomic E-state index is 13.9. The molecule has 2 saturated heterocycles. The summed E-state index contributed by atoms with van der Waals surface area (Å²) in [5, 5.41) is 0. The molecule has 2 heterocycles. The van der Waals surface area contributed by atoms with Crippen LogP contribution in [0.2, 0.25) is 0 Å². The normalized spacial score (nSPS) is 23.7. The van der Waals surface area contributed by atoms with Gasteiger partial charge in [-0.3, -0.25) is 9.69 Å². The number of carbonyl (C=O) groups excluding carboxylic acids is 1. The summed E-state index contributed by atoms with van der Waals surface area (Å²) < 4.78 is 19.7. The van der Waals surface area contributed by atoms with Crippen LogP contribution in [0.15, 0.2) is 54.6 Å². The number of rotatable bonds is 4. The first-order chi connectivity index (χ1) is 12.2. The Morgan fingerprint density at radius 3 is 2.56 bits per heavy atom. The molecule has 2 aliphatic heterocycles. The molecule has 0 radical (unpaired) electrons. The van der Waals surface area contributed by atoms with E-state index in [-0.39, 0.29) is 30.5 Å². The van der Waals surface area contributed by atoms with Crippen molar-refractivity contribution in [1.29, 1.82) is 0 Å². The van der Waals surface area contributed by atoms with E-state index >= 15 is 0 Å². The Morgan fingerprint density at radius 2 is 1.76 bits per heavy atom. The Kier molecular flexibility index (Phi) is 4.51. The van der Waals surface area contributed by atoms with E-state index in [4.69, 9.17) is 4.74 Å². The van der Waals surface area contributed by atoms with Gasteiger partial charge in [-0.25, -0.2) is 4.39 Å². The second kappa shape index (κ2) is 6.94. The molecule has 0 aliphatic carbocycles. The van der Waals surface area contributed by atoms with Crippen LogP contribution >= 0.6 is 0 Å². The van der Waals surface area contributed by atoms with Crippen LogP contribution in [0.4, 0.5) is 4.39 Å². The molecule has 2 atom stereocenters. The van der Waals surface area contributed by atoms with Crippen molar-refractivity contribution < 1.29 is 13.9 Å². The molecule has 0 saturated carbocycles. The minimum Gasteiger partial charge on any atom is -0.365 e. The third-order valence-electron chi connectivity index (χ3n) is 5.00. The summed E-state index contributed by atoms with van der Waals surface area (Å²) in [6.07, 6.45) is -0.00631. The minimum atomic E-state index is -0.185. The molecule has 0 aromatic heterocycles. The van der Waals surface area contributed by atoms with E-state index in [1.54, 1.807) is 6.07 Å². The maximum absolute atomic E-state index is 13.9. The largest absolute Gasteiger partial charge is 0.365 e. The summed E-state index contributed by atoms with van der Waals surface area (Å²) >= 11 is 0. The lowest BCUT2D eigenvalue weighted by Gasteiger charge is -2.36. The van der Waals surface area contributed by atoms with Gasteiger partial charge in [-0.2, -0.15) is 0 Å². The van der Waals surface area contributed by atoms with Crippen molar-refractivity contribution in [2.45, 2.75) is 25.2 Å². The fraction of sp³-hybridized carbons (Fsp3) is 0.350. The molecule has 2 aromatic carbocycles. The van der Waals surface area contributed by atoms with E-state index in [0.29, 0.717) is 25.2 Å². The summed E-state index contributed by atoms with van der Waals surface area (Å²) in [6, 6.07) is 16.9. The molecule has 1 amide bonds. The van der Waals surface area contributed by atoms with Crippen LogP contribution in [0, 0.1) is 5.82 Å². The zero-order valence-electron chi connectivity index (χ0n) is 14.0. The van der Waals surface area contributed by atoms with E-state index in [2.05, 4.69) is 4.90 Å². The second-order valence-corrected chi connectivity index (χ2v) is 6.71. The van der Waals surface area contributed by atoms with Crippen molar-refractivity contribution in [1.82, 2.24) is 9.80 Å². The topological polar surface area (TPSA) is 32.8 Å². The number of morpholine rings is 1. The fourth-order valence-corrected chi connectivity index (χ4v) is 3.72. The number of nitrogens with zero attached hydrogens (tertiary/aromatic N) is 2. The van der Waals surface area contributed by atoms with Crippen LogP contribution in [0.5, 0.6) is 0 Å². The molecule has 0 bridgehead atoms. The molecular weight excluding hydrogens is 319 g/mol. The quantitative estimate of drug-likeness (QED) is 0.857. The Balaban J connectivity index is 1.48. The average molecular weight is 340 g/mol. The number of carbonyl (C=O) groups is 1. The molecule has 130 valence electrons. The van der Waals surface area contributed by atoms with E-state index in [1.807, 2.05) is 47.4 Å². The standard InChI is InChI=1S/C20H21FN2O2/c21-17-9-5-4-8-16(17)11-22-12-18-19(13-22)25-14-20(24)23(18)10-15-6-2-1-3-7-15/h1-9,18-19H,10-14H2/t18-,19+/m1/s1. The van der Waals surface area contributed by atoms with Crippen LogP contribution in [0.1, 0.15) is 11.1 Å². The van der Waals surface area contributed by atoms with Gasteiger partial charge in [0.25, 0.3) is 0 Å². The van der Waals surface area contributed by atoms with Crippen molar-refractivity contribution in [3.63, 3.8) is 0 Å². The predicted octanol–water partition coefficient (Wildman–Crippen LogP) is 2.44. The maximum Gasteiger partial charge on any atom is 0.249 e. The first-order valence-corrected chi connectivity index (χ1v) is 8.61. The van der Waals surface area contributed by atoms with Gasteiger partial charge in [0.15, 0.2) is 0 Å². The number of hydrogen-bond donors (Lipinski definition) is 0. The van der Waals surface area contributed by atoms with E-state index in [1.165, 1.54) is 6.07 Å². The monoisotopic (exact) mass is 340 g/mol. The summed E-state index contributed by atoms with van der Waals surface area (Å²) in [4.78, 5) is 16.5. The molecule has 0 N–H and O–H groups in total. The predicted molar refractivity (Wildman–Crippen MR) is 92.2 cm³/mol. The Labute approximate surface area is 146 Å². The van der Waals surface area contributed by atoms with Gasteiger partial charge < -0.3 is 9.64 Å². The number of likely N-dealkylation sites (tertiary alicyclic amines) is 1. The highest BCUT2D eigenvalue weighted by Crippen LogP contribution is 2.26. The molecular formula is C20H21FN2O2. The number of halogens is 1. The third-order valence-corrected chi connectivity index (χ3v) is 5.00. The molecule has 0 unspecified atom stereocenters. The number of hydrogen-bond acceptors (Lipinski definition) is 3. The zero-order valence-corrected chi connectivity index (χ0v) is 14.0. The smallest absolute Gasteiger partial charge is 0.249 e. The molecule has 0 spiro atoms. The van der Waals surface area contributed by atoms with Crippen molar-refractivity contribution in [2.75, 3.05) is 19.7 Å². The molecule has 25 heavy (non-hydrogen) atoms. The highest BCUT2D eigenvalue weighted by Gasteiger charge is 2.43. The van der Waals surface area contributed by atoms with Crippen molar-refractivity contribution >= 4 is 5.91 Å². The highest BCUT2D eigenvalue weighted by atomic mass is 19.1. The van der Waals surface area contributed by atoms with Crippen molar-refractivity contribution in [3.05, 3.63) is 71.5 Å². The average Bonchev–Trinajstić information content (AvgIpc) is 3.03. The van der Waals surface area contributed by atoms with E-state index < -0.39 is 0 Å².